The summed E-state index contributed by atoms with van der Waals surface area (Å²) >= 11 is 0. The van der Waals surface area contributed by atoms with Crippen LogP contribution in [0, 0.1) is 0 Å². The molecule has 1 N–H and O–H groups in total. The SMILES string of the molecule is C\C=C/C(=C\C=C\CC)c1cc2nc(C(=O)O)cc(N3CCOCC3)n2n1. The Hall–Kier alpha value is -2.93. The van der Waals surface area contributed by atoms with Crippen LogP contribution in [0.3, 0.4) is 0 Å². The molecule has 142 valence electrons. The van der Waals surface area contributed by atoms with Gasteiger partial charge in [-0.05, 0) is 13.3 Å². The van der Waals surface area contributed by atoms with Crippen LogP contribution in [0.15, 0.2) is 42.5 Å². The average molecular weight is 368 g/mol. The summed E-state index contributed by atoms with van der Waals surface area (Å²) in [6.45, 7) is 6.61. The topological polar surface area (TPSA) is 80.0 Å². The van der Waals surface area contributed by atoms with Gasteiger partial charge in [-0.2, -0.15) is 9.61 Å². The standard InChI is InChI=1S/C20H24N4O3/c1-3-5-6-8-15(7-4-2)16-13-18-21-17(20(25)26)14-19(24(18)22-16)23-9-11-27-12-10-23/h4-8,13-14H,3,9-12H2,1-2H3,(H,25,26)/b6-5+,7-4-,15-8+. The maximum absolute atomic E-state index is 11.5. The van der Waals surface area contributed by atoms with E-state index in [-0.39, 0.29) is 5.69 Å². The molecule has 7 nitrogen and oxygen atoms in total. The molecule has 0 aromatic carbocycles. The number of allylic oxidation sites excluding steroid dienone is 6. The van der Waals surface area contributed by atoms with Crippen molar-refractivity contribution < 1.29 is 14.6 Å². The number of morpholine rings is 1. The molecule has 27 heavy (non-hydrogen) atoms. The molecule has 0 spiro atoms. The molecule has 3 rings (SSSR count). The lowest BCUT2D eigenvalue weighted by atomic mass is 10.1. The molecule has 0 bridgehead atoms. The van der Waals surface area contributed by atoms with E-state index in [0.717, 1.165) is 23.5 Å². The molecule has 3 heterocycles. The lowest BCUT2D eigenvalue weighted by Gasteiger charge is -2.28. The maximum atomic E-state index is 11.5. The predicted octanol–water partition coefficient (Wildman–Crippen LogP) is 3.19. The average Bonchev–Trinajstić information content (AvgIpc) is 3.11. The first-order valence-corrected chi connectivity index (χ1v) is 9.10. The predicted molar refractivity (Wildman–Crippen MR) is 105 cm³/mol. The summed E-state index contributed by atoms with van der Waals surface area (Å²) in [4.78, 5) is 17.9. The molecular weight excluding hydrogens is 344 g/mol. The third kappa shape index (κ3) is 4.25. The van der Waals surface area contributed by atoms with Gasteiger partial charge in [0.2, 0.25) is 0 Å². The Bertz CT molecular complexity index is 905. The zero-order valence-corrected chi connectivity index (χ0v) is 15.6. The molecular formula is C20H24N4O3. The van der Waals surface area contributed by atoms with Crippen molar-refractivity contribution in [1.29, 1.82) is 0 Å². The normalized spacial score (nSPS) is 16.1. The fraction of sp³-hybridized carbons (Fsp3) is 0.350. The summed E-state index contributed by atoms with van der Waals surface area (Å²) in [6.07, 6.45) is 11.0. The van der Waals surface area contributed by atoms with E-state index in [1.165, 1.54) is 0 Å². The van der Waals surface area contributed by atoms with Gasteiger partial charge in [0.15, 0.2) is 11.3 Å². The van der Waals surface area contributed by atoms with Gasteiger partial charge in [-0.1, -0.05) is 37.3 Å². The van der Waals surface area contributed by atoms with Crippen LogP contribution in [0.2, 0.25) is 0 Å². The van der Waals surface area contributed by atoms with Crippen LogP contribution < -0.4 is 4.90 Å². The van der Waals surface area contributed by atoms with Crippen molar-refractivity contribution in [3.8, 4) is 0 Å². The number of hydrogen-bond acceptors (Lipinski definition) is 5. The minimum atomic E-state index is -1.05. The Labute approximate surface area is 158 Å². The van der Waals surface area contributed by atoms with Gasteiger partial charge >= 0.3 is 5.97 Å². The Morgan fingerprint density at radius 3 is 2.74 bits per heavy atom. The molecule has 2 aromatic rings. The van der Waals surface area contributed by atoms with Crippen molar-refractivity contribution in [3.63, 3.8) is 0 Å². The highest BCUT2D eigenvalue weighted by molar-refractivity contribution is 5.87. The van der Waals surface area contributed by atoms with Crippen molar-refractivity contribution in [2.45, 2.75) is 20.3 Å². The molecule has 0 atom stereocenters. The van der Waals surface area contributed by atoms with Gasteiger partial charge in [0.1, 0.15) is 5.82 Å². The number of rotatable bonds is 6. The Morgan fingerprint density at radius 2 is 2.07 bits per heavy atom. The minimum absolute atomic E-state index is 0.0119. The van der Waals surface area contributed by atoms with Crippen LogP contribution >= 0.6 is 0 Å². The van der Waals surface area contributed by atoms with E-state index >= 15 is 0 Å². The number of carboxylic acids is 1. The van der Waals surface area contributed by atoms with Crippen molar-refractivity contribution >= 4 is 23.0 Å². The molecule has 7 heteroatoms. The first-order chi connectivity index (χ1) is 13.1. The van der Waals surface area contributed by atoms with E-state index in [9.17, 15) is 9.90 Å². The van der Waals surface area contributed by atoms with Crippen molar-refractivity contribution in [2.24, 2.45) is 0 Å². The fourth-order valence-corrected chi connectivity index (χ4v) is 2.94. The second kappa shape index (κ2) is 8.64. The quantitative estimate of drug-likeness (QED) is 0.789. The molecule has 0 radical (unpaired) electrons. The third-order valence-electron chi connectivity index (χ3n) is 4.25. The number of carbonyl (C=O) groups is 1. The van der Waals surface area contributed by atoms with Gasteiger partial charge in [-0.15, -0.1) is 0 Å². The summed E-state index contributed by atoms with van der Waals surface area (Å²) in [7, 11) is 0. The molecule has 1 aliphatic heterocycles. The zero-order chi connectivity index (χ0) is 19.2. The van der Waals surface area contributed by atoms with Crippen LogP contribution in [-0.4, -0.2) is 52.0 Å². The Balaban J connectivity index is 2.13. The van der Waals surface area contributed by atoms with Gasteiger partial charge in [0.05, 0.1) is 18.9 Å². The Kier molecular flexibility index (Phi) is 6.03. The smallest absolute Gasteiger partial charge is 0.354 e. The molecule has 0 amide bonds. The first kappa shape index (κ1) is 18.8. The second-order valence-electron chi connectivity index (χ2n) is 6.16. The van der Waals surface area contributed by atoms with Crippen LogP contribution in [0.4, 0.5) is 5.82 Å². The van der Waals surface area contributed by atoms with E-state index < -0.39 is 5.97 Å². The monoisotopic (exact) mass is 368 g/mol. The lowest BCUT2D eigenvalue weighted by molar-refractivity contribution is 0.0690. The van der Waals surface area contributed by atoms with E-state index in [0.29, 0.717) is 32.0 Å². The highest BCUT2D eigenvalue weighted by atomic mass is 16.5. The van der Waals surface area contributed by atoms with Crippen molar-refractivity contribution in [2.75, 3.05) is 31.2 Å². The first-order valence-electron chi connectivity index (χ1n) is 9.10. The van der Waals surface area contributed by atoms with Gasteiger partial charge in [0, 0.05) is 30.8 Å². The van der Waals surface area contributed by atoms with E-state index in [1.807, 2.05) is 37.3 Å². The summed E-state index contributed by atoms with van der Waals surface area (Å²) in [5, 5.41) is 14.2. The number of carboxylic acid groups (broad SMARTS) is 1. The molecule has 0 saturated carbocycles. The Morgan fingerprint density at radius 1 is 1.30 bits per heavy atom. The molecule has 0 unspecified atom stereocenters. The largest absolute Gasteiger partial charge is 0.477 e. The summed E-state index contributed by atoms with van der Waals surface area (Å²) < 4.78 is 7.13. The number of anilines is 1. The molecule has 0 aliphatic carbocycles. The molecule has 1 saturated heterocycles. The summed E-state index contributed by atoms with van der Waals surface area (Å²) in [5.41, 5.74) is 2.22. The zero-order valence-electron chi connectivity index (χ0n) is 15.6. The van der Waals surface area contributed by atoms with Crippen LogP contribution in [-0.2, 0) is 4.74 Å². The number of hydrogen-bond donors (Lipinski definition) is 1. The number of fused-ring (bicyclic) bond motifs is 1. The van der Waals surface area contributed by atoms with Gasteiger partial charge in [0.25, 0.3) is 0 Å². The number of nitrogens with zero attached hydrogens (tertiary/aromatic N) is 4. The van der Waals surface area contributed by atoms with Gasteiger partial charge < -0.3 is 14.7 Å². The second-order valence-corrected chi connectivity index (χ2v) is 6.16. The molecule has 1 aliphatic rings. The van der Waals surface area contributed by atoms with E-state index in [2.05, 4.69) is 22.9 Å². The number of aromatic carboxylic acids is 1. The maximum Gasteiger partial charge on any atom is 0.354 e. The van der Waals surface area contributed by atoms with E-state index in [4.69, 9.17) is 9.84 Å². The van der Waals surface area contributed by atoms with Gasteiger partial charge in [-0.25, -0.2) is 9.78 Å². The van der Waals surface area contributed by atoms with Crippen molar-refractivity contribution in [3.05, 3.63) is 53.9 Å². The van der Waals surface area contributed by atoms with Gasteiger partial charge in [-0.3, -0.25) is 0 Å². The third-order valence-corrected chi connectivity index (χ3v) is 4.25. The lowest BCUT2D eigenvalue weighted by Crippen LogP contribution is -2.37. The number of aromatic nitrogens is 3. The highest BCUT2D eigenvalue weighted by Gasteiger charge is 2.20. The van der Waals surface area contributed by atoms with Crippen LogP contribution in [0.1, 0.15) is 36.5 Å². The number of ether oxygens (including phenoxy) is 1. The van der Waals surface area contributed by atoms with E-state index in [1.54, 1.807) is 10.6 Å². The summed E-state index contributed by atoms with van der Waals surface area (Å²) in [5.74, 6) is -0.333. The fourth-order valence-electron chi connectivity index (χ4n) is 2.94. The van der Waals surface area contributed by atoms with Crippen molar-refractivity contribution in [1.82, 2.24) is 14.6 Å². The molecule has 2 aromatic heterocycles. The van der Waals surface area contributed by atoms with Crippen LogP contribution in [0.25, 0.3) is 11.2 Å². The highest BCUT2D eigenvalue weighted by Crippen LogP contribution is 2.23. The van der Waals surface area contributed by atoms with Crippen LogP contribution in [0.5, 0.6) is 0 Å². The molecule has 1 fully saturated rings. The minimum Gasteiger partial charge on any atom is -0.477 e. The summed E-state index contributed by atoms with van der Waals surface area (Å²) in [6, 6.07) is 3.40.